The summed E-state index contributed by atoms with van der Waals surface area (Å²) >= 11 is 0. The van der Waals surface area contributed by atoms with Gasteiger partial charge in [0.15, 0.2) is 0 Å². The van der Waals surface area contributed by atoms with Gasteiger partial charge in [-0.05, 0) is 24.1 Å². The molecule has 1 aromatic carbocycles. The van der Waals surface area contributed by atoms with E-state index >= 15 is 0 Å². The Hall–Kier alpha value is -2.30. The van der Waals surface area contributed by atoms with Crippen LogP contribution in [0.4, 0.5) is 11.4 Å². The lowest BCUT2D eigenvalue weighted by atomic mass is 10.1. The second-order valence-electron chi connectivity index (χ2n) is 4.49. The Morgan fingerprint density at radius 2 is 2.26 bits per heavy atom. The highest BCUT2D eigenvalue weighted by atomic mass is 16.1. The van der Waals surface area contributed by atoms with Crippen LogP contribution < -0.4 is 11.1 Å². The quantitative estimate of drug-likeness (QED) is 0.820. The lowest BCUT2D eigenvalue weighted by Gasteiger charge is -2.05. The van der Waals surface area contributed by atoms with Crippen LogP contribution in [-0.4, -0.2) is 15.7 Å². The summed E-state index contributed by atoms with van der Waals surface area (Å²) in [6.07, 6.45) is 2.91. The van der Waals surface area contributed by atoms with Gasteiger partial charge in [0.2, 0.25) is 5.91 Å². The van der Waals surface area contributed by atoms with Gasteiger partial charge in [-0.15, -0.1) is 0 Å². The molecule has 0 unspecified atom stereocenters. The van der Waals surface area contributed by atoms with Gasteiger partial charge in [0.25, 0.3) is 0 Å². The van der Waals surface area contributed by atoms with Crippen molar-refractivity contribution in [3.8, 4) is 0 Å². The number of hydrogen-bond donors (Lipinski definition) is 2. The van der Waals surface area contributed by atoms with Gasteiger partial charge in [0.05, 0.1) is 17.8 Å². The van der Waals surface area contributed by atoms with E-state index in [-0.39, 0.29) is 5.91 Å². The summed E-state index contributed by atoms with van der Waals surface area (Å²) in [5.41, 5.74) is 8.93. The summed E-state index contributed by atoms with van der Waals surface area (Å²) in [5.74, 6) is -0.0618. The minimum atomic E-state index is -0.0618. The van der Waals surface area contributed by atoms with E-state index in [1.165, 1.54) is 0 Å². The maximum absolute atomic E-state index is 12.0. The number of hydrogen-bond acceptors (Lipinski definition) is 3. The number of anilines is 2. The molecule has 0 bridgehead atoms. The number of nitrogens with one attached hydrogen (secondary N) is 1. The van der Waals surface area contributed by atoms with Gasteiger partial charge in [-0.1, -0.05) is 19.1 Å². The van der Waals surface area contributed by atoms with Gasteiger partial charge in [-0.25, -0.2) is 0 Å². The van der Waals surface area contributed by atoms with Crippen LogP contribution in [0, 0.1) is 0 Å². The fourth-order valence-electron chi connectivity index (χ4n) is 1.98. The maximum Gasteiger partial charge on any atom is 0.228 e. The highest BCUT2D eigenvalue weighted by Crippen LogP contribution is 2.14. The second kappa shape index (κ2) is 5.56. The van der Waals surface area contributed by atoms with E-state index in [0.29, 0.717) is 12.1 Å². The Balaban J connectivity index is 2.05. The molecule has 0 saturated heterocycles. The molecule has 1 amide bonds. The van der Waals surface area contributed by atoms with Gasteiger partial charge in [0, 0.05) is 18.9 Å². The van der Waals surface area contributed by atoms with Crippen LogP contribution >= 0.6 is 0 Å². The molecule has 0 saturated carbocycles. The Morgan fingerprint density at radius 3 is 2.95 bits per heavy atom. The highest BCUT2D eigenvalue weighted by Gasteiger charge is 2.10. The van der Waals surface area contributed by atoms with E-state index in [2.05, 4.69) is 10.4 Å². The number of aromatic nitrogens is 2. The number of nitrogens with two attached hydrogens (primary N) is 1. The van der Waals surface area contributed by atoms with E-state index in [9.17, 15) is 4.79 Å². The van der Waals surface area contributed by atoms with Gasteiger partial charge < -0.3 is 11.1 Å². The van der Waals surface area contributed by atoms with Crippen LogP contribution in [-0.2, 0) is 24.7 Å². The van der Waals surface area contributed by atoms with Crippen LogP contribution in [0.2, 0.25) is 0 Å². The molecule has 100 valence electrons. The van der Waals surface area contributed by atoms with E-state index in [1.54, 1.807) is 10.7 Å². The van der Waals surface area contributed by atoms with Crippen LogP contribution in [0.3, 0.4) is 0 Å². The number of rotatable bonds is 4. The van der Waals surface area contributed by atoms with E-state index in [0.717, 1.165) is 23.4 Å². The highest BCUT2D eigenvalue weighted by molar-refractivity contribution is 5.92. The molecule has 0 atom stereocenters. The van der Waals surface area contributed by atoms with Crippen LogP contribution in [0.15, 0.2) is 30.5 Å². The van der Waals surface area contributed by atoms with Crippen molar-refractivity contribution in [1.82, 2.24) is 9.78 Å². The molecule has 3 N–H and O–H groups in total. The molecular formula is C14H18N4O. The molecule has 0 radical (unpaired) electrons. The van der Waals surface area contributed by atoms with Gasteiger partial charge in [0.1, 0.15) is 0 Å². The zero-order valence-electron chi connectivity index (χ0n) is 11.2. The van der Waals surface area contributed by atoms with Gasteiger partial charge in [-0.2, -0.15) is 5.10 Å². The molecule has 1 heterocycles. The van der Waals surface area contributed by atoms with Crippen molar-refractivity contribution in [3.63, 3.8) is 0 Å². The molecule has 0 spiro atoms. The standard InChI is InChI=1S/C14H18N4O/c1-3-12-13(9-18(2)17-12)16-14(19)8-10-5-4-6-11(15)7-10/h4-7,9H,3,8,15H2,1-2H3,(H,16,19). The topological polar surface area (TPSA) is 72.9 Å². The molecule has 0 aliphatic carbocycles. The number of carbonyl (C=O) groups is 1. The van der Waals surface area contributed by atoms with Crippen molar-refractivity contribution in [2.24, 2.45) is 7.05 Å². The van der Waals surface area contributed by atoms with Crippen molar-refractivity contribution >= 4 is 17.3 Å². The zero-order chi connectivity index (χ0) is 13.8. The van der Waals surface area contributed by atoms with Crippen LogP contribution in [0.5, 0.6) is 0 Å². The van der Waals surface area contributed by atoms with Crippen molar-refractivity contribution < 1.29 is 4.79 Å². The van der Waals surface area contributed by atoms with E-state index in [4.69, 9.17) is 5.73 Å². The molecular weight excluding hydrogens is 240 g/mol. The number of nitrogens with zero attached hydrogens (tertiary/aromatic N) is 2. The van der Waals surface area contributed by atoms with Crippen LogP contribution in [0.25, 0.3) is 0 Å². The first-order valence-corrected chi connectivity index (χ1v) is 6.25. The Labute approximate surface area is 112 Å². The molecule has 2 aromatic rings. The molecule has 19 heavy (non-hydrogen) atoms. The SMILES string of the molecule is CCc1nn(C)cc1NC(=O)Cc1cccc(N)c1. The number of aryl methyl sites for hydroxylation is 2. The fraction of sp³-hybridized carbons (Fsp3) is 0.286. The molecule has 5 heteroatoms. The number of amides is 1. The largest absolute Gasteiger partial charge is 0.399 e. The number of benzene rings is 1. The third kappa shape index (κ3) is 3.34. The minimum Gasteiger partial charge on any atom is -0.399 e. The van der Waals surface area contributed by atoms with E-state index < -0.39 is 0 Å². The first kappa shape index (κ1) is 13.1. The van der Waals surface area contributed by atoms with Gasteiger partial charge >= 0.3 is 0 Å². The fourth-order valence-corrected chi connectivity index (χ4v) is 1.98. The van der Waals surface area contributed by atoms with Crippen molar-refractivity contribution in [1.29, 1.82) is 0 Å². The predicted molar refractivity (Wildman–Crippen MR) is 75.8 cm³/mol. The normalized spacial score (nSPS) is 10.4. The Bertz CT molecular complexity index is 589. The molecule has 0 fully saturated rings. The minimum absolute atomic E-state index is 0.0618. The lowest BCUT2D eigenvalue weighted by Crippen LogP contribution is -2.15. The third-order valence-electron chi connectivity index (χ3n) is 2.83. The smallest absolute Gasteiger partial charge is 0.228 e. The number of nitrogen functional groups attached to an aromatic ring is 1. The molecule has 1 aromatic heterocycles. The average Bonchev–Trinajstić information content (AvgIpc) is 2.69. The number of carbonyl (C=O) groups excluding carboxylic acids is 1. The van der Waals surface area contributed by atoms with Crippen LogP contribution in [0.1, 0.15) is 18.2 Å². The van der Waals surface area contributed by atoms with Gasteiger partial charge in [-0.3, -0.25) is 9.48 Å². The summed E-state index contributed by atoms with van der Waals surface area (Å²) in [4.78, 5) is 12.0. The van der Waals surface area contributed by atoms with Crippen molar-refractivity contribution in [2.45, 2.75) is 19.8 Å². The first-order valence-electron chi connectivity index (χ1n) is 6.25. The average molecular weight is 258 g/mol. The summed E-state index contributed by atoms with van der Waals surface area (Å²) in [6.45, 7) is 2.01. The summed E-state index contributed by atoms with van der Waals surface area (Å²) in [6, 6.07) is 7.35. The van der Waals surface area contributed by atoms with Crippen molar-refractivity contribution in [2.75, 3.05) is 11.1 Å². The van der Waals surface area contributed by atoms with Crippen molar-refractivity contribution in [3.05, 3.63) is 41.7 Å². The summed E-state index contributed by atoms with van der Waals surface area (Å²) in [7, 11) is 1.84. The lowest BCUT2D eigenvalue weighted by molar-refractivity contribution is -0.115. The van der Waals surface area contributed by atoms with E-state index in [1.807, 2.05) is 38.4 Å². The predicted octanol–water partition coefficient (Wildman–Crippen LogP) is 1.75. The molecule has 2 rings (SSSR count). The Kier molecular flexibility index (Phi) is 3.85. The molecule has 5 nitrogen and oxygen atoms in total. The first-order chi connectivity index (χ1) is 9.08. The maximum atomic E-state index is 12.0. The summed E-state index contributed by atoms with van der Waals surface area (Å²) in [5, 5.41) is 7.17. The third-order valence-corrected chi connectivity index (χ3v) is 2.83. The monoisotopic (exact) mass is 258 g/mol. The molecule has 0 aliphatic rings. The Morgan fingerprint density at radius 1 is 1.47 bits per heavy atom. The second-order valence-corrected chi connectivity index (χ2v) is 4.49. The zero-order valence-corrected chi connectivity index (χ0v) is 11.2. The summed E-state index contributed by atoms with van der Waals surface area (Å²) < 4.78 is 1.70. The molecule has 0 aliphatic heterocycles.